The van der Waals surface area contributed by atoms with E-state index in [4.69, 9.17) is 9.15 Å². The first-order valence-corrected chi connectivity index (χ1v) is 8.10. The van der Waals surface area contributed by atoms with Gasteiger partial charge in [-0.2, -0.15) is 0 Å². The molecule has 0 aliphatic carbocycles. The number of aryl methyl sites for hydroxylation is 1. The van der Waals surface area contributed by atoms with Crippen LogP contribution in [0.1, 0.15) is 29.9 Å². The zero-order chi connectivity index (χ0) is 17.7. The third-order valence-electron chi connectivity index (χ3n) is 4.19. The molecule has 1 aromatic carbocycles. The van der Waals surface area contributed by atoms with Crippen LogP contribution in [0.2, 0.25) is 0 Å². The largest absolute Gasteiger partial charge is 0.481 e. The van der Waals surface area contributed by atoms with Crippen molar-refractivity contribution in [3.8, 4) is 5.75 Å². The van der Waals surface area contributed by atoms with E-state index in [1.165, 1.54) is 0 Å². The standard InChI is InChI=1S/C19H26N2O3/c1-13-8-6-9-17(14(13)2)24-15(3)19(22)20-12-16(21(4)5)18-10-7-11-23-18/h6-11,15-16H,12H2,1-5H3,(H,20,22)/t15-,16+/m0/s1. The fourth-order valence-corrected chi connectivity index (χ4v) is 2.46. The second kappa shape index (κ2) is 8.02. The molecule has 0 saturated carbocycles. The van der Waals surface area contributed by atoms with Crippen LogP contribution in [0.25, 0.3) is 0 Å². The topological polar surface area (TPSA) is 54.7 Å². The van der Waals surface area contributed by atoms with Crippen LogP contribution in [0, 0.1) is 13.8 Å². The summed E-state index contributed by atoms with van der Waals surface area (Å²) in [6.45, 7) is 6.24. The van der Waals surface area contributed by atoms with Gasteiger partial charge in [-0.15, -0.1) is 0 Å². The Balaban J connectivity index is 1.95. The van der Waals surface area contributed by atoms with Gasteiger partial charge in [-0.25, -0.2) is 0 Å². The van der Waals surface area contributed by atoms with Crippen molar-refractivity contribution >= 4 is 5.91 Å². The molecule has 2 atom stereocenters. The molecular formula is C19H26N2O3. The van der Waals surface area contributed by atoms with E-state index in [2.05, 4.69) is 5.32 Å². The number of ether oxygens (including phenoxy) is 1. The van der Waals surface area contributed by atoms with Gasteiger partial charge in [0.1, 0.15) is 11.5 Å². The highest BCUT2D eigenvalue weighted by Gasteiger charge is 2.21. The second-order valence-corrected chi connectivity index (χ2v) is 6.20. The van der Waals surface area contributed by atoms with Crippen LogP contribution in [-0.4, -0.2) is 37.6 Å². The molecule has 130 valence electrons. The maximum absolute atomic E-state index is 12.4. The Morgan fingerprint density at radius 1 is 1.25 bits per heavy atom. The molecule has 24 heavy (non-hydrogen) atoms. The summed E-state index contributed by atoms with van der Waals surface area (Å²) in [5.74, 6) is 1.42. The summed E-state index contributed by atoms with van der Waals surface area (Å²) < 4.78 is 11.3. The van der Waals surface area contributed by atoms with Gasteiger partial charge in [-0.1, -0.05) is 12.1 Å². The van der Waals surface area contributed by atoms with Crippen molar-refractivity contribution in [2.45, 2.75) is 32.9 Å². The molecule has 0 aliphatic rings. The molecule has 0 fully saturated rings. The number of likely N-dealkylation sites (N-methyl/N-ethyl adjacent to an activating group) is 1. The van der Waals surface area contributed by atoms with Gasteiger partial charge in [0.2, 0.25) is 0 Å². The highest BCUT2D eigenvalue weighted by molar-refractivity contribution is 5.80. The third kappa shape index (κ3) is 4.38. The quantitative estimate of drug-likeness (QED) is 0.848. The third-order valence-corrected chi connectivity index (χ3v) is 4.19. The summed E-state index contributed by atoms with van der Waals surface area (Å²) >= 11 is 0. The van der Waals surface area contributed by atoms with Crippen LogP contribution in [0.4, 0.5) is 0 Å². The number of carbonyl (C=O) groups is 1. The van der Waals surface area contributed by atoms with E-state index in [1.54, 1.807) is 13.2 Å². The van der Waals surface area contributed by atoms with Crippen molar-refractivity contribution in [1.29, 1.82) is 0 Å². The Kier molecular flexibility index (Phi) is 6.04. The lowest BCUT2D eigenvalue weighted by Crippen LogP contribution is -2.41. The van der Waals surface area contributed by atoms with Crippen LogP contribution in [0.5, 0.6) is 5.75 Å². The van der Waals surface area contributed by atoms with E-state index in [9.17, 15) is 4.79 Å². The summed E-state index contributed by atoms with van der Waals surface area (Å²) in [6.07, 6.45) is 1.07. The van der Waals surface area contributed by atoms with Gasteiger partial charge >= 0.3 is 0 Å². The average Bonchev–Trinajstić information content (AvgIpc) is 3.05. The molecule has 2 rings (SSSR count). The van der Waals surface area contributed by atoms with Crippen molar-refractivity contribution in [3.63, 3.8) is 0 Å². The van der Waals surface area contributed by atoms with Crippen molar-refractivity contribution in [2.24, 2.45) is 0 Å². The van der Waals surface area contributed by atoms with E-state index in [0.717, 1.165) is 22.6 Å². The number of amides is 1. The van der Waals surface area contributed by atoms with E-state index in [0.29, 0.717) is 6.54 Å². The van der Waals surface area contributed by atoms with Crippen molar-refractivity contribution in [2.75, 3.05) is 20.6 Å². The normalized spacial score (nSPS) is 13.6. The Morgan fingerprint density at radius 3 is 2.62 bits per heavy atom. The first-order chi connectivity index (χ1) is 11.4. The predicted octanol–water partition coefficient (Wildman–Crippen LogP) is 3.08. The molecule has 0 bridgehead atoms. The van der Waals surface area contributed by atoms with Crippen LogP contribution >= 0.6 is 0 Å². The fourth-order valence-electron chi connectivity index (χ4n) is 2.46. The smallest absolute Gasteiger partial charge is 0.260 e. The monoisotopic (exact) mass is 330 g/mol. The zero-order valence-electron chi connectivity index (χ0n) is 15.0. The highest BCUT2D eigenvalue weighted by atomic mass is 16.5. The molecule has 0 radical (unpaired) electrons. The lowest BCUT2D eigenvalue weighted by molar-refractivity contribution is -0.127. The minimum atomic E-state index is -0.565. The molecule has 0 spiro atoms. The number of carbonyl (C=O) groups excluding carboxylic acids is 1. The Bertz CT molecular complexity index is 665. The molecule has 0 unspecified atom stereocenters. The van der Waals surface area contributed by atoms with Crippen molar-refractivity contribution in [1.82, 2.24) is 10.2 Å². The number of nitrogens with one attached hydrogen (secondary N) is 1. The number of benzene rings is 1. The zero-order valence-corrected chi connectivity index (χ0v) is 15.0. The maximum Gasteiger partial charge on any atom is 0.260 e. The predicted molar refractivity (Wildman–Crippen MR) is 94.2 cm³/mol. The van der Waals surface area contributed by atoms with Crippen LogP contribution in [0.15, 0.2) is 41.0 Å². The summed E-state index contributed by atoms with van der Waals surface area (Å²) in [7, 11) is 3.91. The second-order valence-electron chi connectivity index (χ2n) is 6.20. The molecule has 1 aromatic heterocycles. The van der Waals surface area contributed by atoms with Crippen molar-refractivity contribution < 1.29 is 13.9 Å². The molecule has 1 N–H and O–H groups in total. The average molecular weight is 330 g/mol. The molecule has 1 heterocycles. The molecule has 0 aliphatic heterocycles. The van der Waals surface area contributed by atoms with Crippen LogP contribution in [0.3, 0.4) is 0 Å². The molecule has 0 saturated heterocycles. The summed E-state index contributed by atoms with van der Waals surface area (Å²) in [5, 5.41) is 2.94. The number of hydrogen-bond acceptors (Lipinski definition) is 4. The van der Waals surface area contributed by atoms with E-state index in [-0.39, 0.29) is 11.9 Å². The molecule has 2 aromatic rings. The molecule has 1 amide bonds. The Hall–Kier alpha value is -2.27. The van der Waals surface area contributed by atoms with E-state index in [1.807, 2.05) is 63.2 Å². The Morgan fingerprint density at radius 2 is 2.00 bits per heavy atom. The number of nitrogens with zero attached hydrogens (tertiary/aromatic N) is 1. The van der Waals surface area contributed by atoms with E-state index >= 15 is 0 Å². The number of hydrogen-bond donors (Lipinski definition) is 1. The first kappa shape index (κ1) is 18.1. The van der Waals surface area contributed by atoms with Crippen LogP contribution < -0.4 is 10.1 Å². The fraction of sp³-hybridized carbons (Fsp3) is 0.421. The lowest BCUT2D eigenvalue weighted by atomic mass is 10.1. The van der Waals surface area contributed by atoms with Crippen molar-refractivity contribution in [3.05, 3.63) is 53.5 Å². The van der Waals surface area contributed by atoms with Gasteiger partial charge in [0.25, 0.3) is 5.91 Å². The summed E-state index contributed by atoms with van der Waals surface area (Å²) in [6, 6.07) is 9.58. The van der Waals surface area contributed by atoms with Gasteiger partial charge < -0.3 is 14.5 Å². The highest BCUT2D eigenvalue weighted by Crippen LogP contribution is 2.22. The van der Waals surface area contributed by atoms with Gasteiger partial charge in [-0.05, 0) is 64.2 Å². The SMILES string of the molecule is Cc1cccc(O[C@@H](C)C(=O)NC[C@H](c2ccco2)N(C)C)c1C. The number of rotatable bonds is 7. The van der Waals surface area contributed by atoms with E-state index < -0.39 is 6.10 Å². The molecule has 5 heteroatoms. The molecular weight excluding hydrogens is 304 g/mol. The van der Waals surface area contributed by atoms with Gasteiger partial charge in [0, 0.05) is 6.54 Å². The first-order valence-electron chi connectivity index (χ1n) is 8.10. The minimum Gasteiger partial charge on any atom is -0.481 e. The lowest BCUT2D eigenvalue weighted by Gasteiger charge is -2.24. The minimum absolute atomic E-state index is 0.0168. The van der Waals surface area contributed by atoms with Gasteiger partial charge in [0.05, 0.1) is 12.3 Å². The maximum atomic E-state index is 12.4. The van der Waals surface area contributed by atoms with Gasteiger partial charge in [-0.3, -0.25) is 9.69 Å². The van der Waals surface area contributed by atoms with Gasteiger partial charge in [0.15, 0.2) is 6.10 Å². The summed E-state index contributed by atoms with van der Waals surface area (Å²) in [4.78, 5) is 14.4. The number of furan rings is 1. The summed E-state index contributed by atoms with van der Waals surface area (Å²) in [5.41, 5.74) is 2.20. The molecule has 5 nitrogen and oxygen atoms in total. The Labute approximate surface area is 143 Å². The van der Waals surface area contributed by atoms with Crippen LogP contribution in [-0.2, 0) is 4.79 Å².